The van der Waals surface area contributed by atoms with Crippen molar-refractivity contribution in [2.45, 2.75) is 11.8 Å². The fourth-order valence-electron chi connectivity index (χ4n) is 3.37. The normalized spacial score (nSPS) is 11.5. The molecule has 0 unspecified atom stereocenters. The first kappa shape index (κ1) is 18.5. The summed E-state index contributed by atoms with van der Waals surface area (Å²) in [4.78, 5) is 0. The zero-order chi connectivity index (χ0) is 17.7. The molecule has 0 aliphatic heterocycles. The van der Waals surface area contributed by atoms with Crippen molar-refractivity contribution < 1.29 is 0 Å². The van der Waals surface area contributed by atoms with Crippen molar-refractivity contribution in [1.29, 1.82) is 0 Å². The number of anilines is 2. The second kappa shape index (κ2) is 8.30. The molecule has 0 aliphatic carbocycles. The molecule has 132 valence electrons. The van der Waals surface area contributed by atoms with E-state index in [0.717, 1.165) is 33.3 Å². The number of hydrogen-bond donors (Lipinski definition) is 6. The summed E-state index contributed by atoms with van der Waals surface area (Å²) in [5, 5.41) is 8.98. The van der Waals surface area contributed by atoms with E-state index in [1.54, 1.807) is 0 Å². The molecule has 2 aromatic carbocycles. The van der Waals surface area contributed by atoms with E-state index in [1.165, 1.54) is 0 Å². The van der Waals surface area contributed by atoms with Gasteiger partial charge in [0, 0.05) is 68.9 Å². The predicted molar refractivity (Wildman–Crippen MR) is 105 cm³/mol. The van der Waals surface area contributed by atoms with Gasteiger partial charge in [0.2, 0.25) is 0 Å². The lowest BCUT2D eigenvalue weighted by atomic mass is 9.89. The van der Waals surface area contributed by atoms with Crippen LogP contribution in [-0.4, -0.2) is 40.3 Å². The first-order valence-electron chi connectivity index (χ1n) is 8.41. The van der Waals surface area contributed by atoms with Crippen LogP contribution in [0.2, 0.25) is 0 Å². The van der Waals surface area contributed by atoms with E-state index in [-0.39, 0.29) is 11.8 Å². The topological polar surface area (TPSA) is 128 Å². The Morgan fingerprint density at radius 3 is 1.38 bits per heavy atom. The molecule has 2 rings (SSSR count). The number of benzene rings is 2. The zero-order valence-corrected chi connectivity index (χ0v) is 14.6. The Labute approximate surface area is 143 Å². The van der Waals surface area contributed by atoms with Gasteiger partial charge in [-0.15, -0.1) is 0 Å². The molecule has 0 radical (unpaired) electrons. The number of fused-ring (bicyclic) bond motifs is 1. The molecule has 6 nitrogen and oxygen atoms in total. The van der Waals surface area contributed by atoms with Gasteiger partial charge in [0.05, 0.1) is 0 Å². The Balaban J connectivity index is 2.80. The Kier molecular flexibility index (Phi) is 6.39. The molecule has 24 heavy (non-hydrogen) atoms. The van der Waals surface area contributed by atoms with Crippen molar-refractivity contribution >= 4 is 22.1 Å². The lowest BCUT2D eigenvalue weighted by molar-refractivity contribution is 0.709. The highest BCUT2D eigenvalue weighted by molar-refractivity contribution is 6.05. The van der Waals surface area contributed by atoms with Crippen molar-refractivity contribution in [3.8, 4) is 0 Å². The average Bonchev–Trinajstić information content (AvgIpc) is 2.63. The monoisotopic (exact) mass is 330 g/mol. The fraction of sp³-hybridized carbons (Fsp3) is 0.444. The molecule has 0 saturated heterocycles. The summed E-state index contributed by atoms with van der Waals surface area (Å²) in [6.45, 7) is 2.05. The summed E-state index contributed by atoms with van der Waals surface area (Å²) in [5.41, 5.74) is 28.1. The third-order valence-corrected chi connectivity index (χ3v) is 4.77. The molecule has 2 aromatic rings. The Morgan fingerprint density at radius 2 is 1.08 bits per heavy atom. The van der Waals surface area contributed by atoms with E-state index in [4.69, 9.17) is 22.9 Å². The first-order valence-corrected chi connectivity index (χ1v) is 8.41. The Hall–Kier alpha value is -1.86. The van der Waals surface area contributed by atoms with Gasteiger partial charge in [-0.2, -0.15) is 0 Å². The molecule has 0 spiro atoms. The SMILES string of the molecule is CNc1c(C(CN)CN)ccc2ccc(C(CN)CN)c(NC)c12. The van der Waals surface area contributed by atoms with Gasteiger partial charge in [0.25, 0.3) is 0 Å². The van der Waals surface area contributed by atoms with Gasteiger partial charge in [-0.25, -0.2) is 0 Å². The fourth-order valence-corrected chi connectivity index (χ4v) is 3.37. The summed E-state index contributed by atoms with van der Waals surface area (Å²) < 4.78 is 0. The third-order valence-electron chi connectivity index (χ3n) is 4.77. The van der Waals surface area contributed by atoms with Crippen LogP contribution in [0.3, 0.4) is 0 Å². The van der Waals surface area contributed by atoms with Gasteiger partial charge in [-0.3, -0.25) is 0 Å². The van der Waals surface area contributed by atoms with Crippen LogP contribution in [0.5, 0.6) is 0 Å². The molecule has 0 amide bonds. The van der Waals surface area contributed by atoms with Crippen LogP contribution in [0.25, 0.3) is 10.8 Å². The largest absolute Gasteiger partial charge is 0.387 e. The van der Waals surface area contributed by atoms with E-state index in [9.17, 15) is 0 Å². The predicted octanol–water partition coefficient (Wildman–Crippen LogP) is 0.925. The van der Waals surface area contributed by atoms with Crippen molar-refractivity contribution in [2.24, 2.45) is 22.9 Å². The molecule has 0 aromatic heterocycles. The highest BCUT2D eigenvalue weighted by Gasteiger charge is 2.20. The molecule has 0 heterocycles. The minimum absolute atomic E-state index is 0.116. The molecule has 0 aliphatic rings. The molecule has 0 atom stereocenters. The molecular formula is C18H30N6. The molecule has 0 saturated carbocycles. The van der Waals surface area contributed by atoms with E-state index in [1.807, 2.05) is 14.1 Å². The summed E-state index contributed by atoms with van der Waals surface area (Å²) in [7, 11) is 3.86. The Bertz CT molecular complexity index is 622. The summed E-state index contributed by atoms with van der Waals surface area (Å²) in [5.74, 6) is 0.232. The van der Waals surface area contributed by atoms with E-state index >= 15 is 0 Å². The molecule has 0 bridgehead atoms. The van der Waals surface area contributed by atoms with Crippen molar-refractivity contribution in [3.05, 3.63) is 35.4 Å². The highest BCUT2D eigenvalue weighted by Crippen LogP contribution is 2.39. The third kappa shape index (κ3) is 3.18. The summed E-state index contributed by atoms with van der Waals surface area (Å²) in [6.07, 6.45) is 0. The first-order chi connectivity index (χ1) is 11.7. The number of nitrogens with one attached hydrogen (secondary N) is 2. The van der Waals surface area contributed by atoms with Gasteiger partial charge in [0.15, 0.2) is 0 Å². The molecular weight excluding hydrogens is 300 g/mol. The van der Waals surface area contributed by atoms with Gasteiger partial charge >= 0.3 is 0 Å². The smallest absolute Gasteiger partial charge is 0.0474 e. The van der Waals surface area contributed by atoms with Crippen molar-refractivity contribution in [1.82, 2.24) is 0 Å². The van der Waals surface area contributed by atoms with Crippen molar-refractivity contribution in [3.63, 3.8) is 0 Å². The lowest BCUT2D eigenvalue weighted by Crippen LogP contribution is -2.23. The maximum absolute atomic E-state index is 5.92. The maximum atomic E-state index is 5.92. The molecule has 0 fully saturated rings. The van der Waals surface area contributed by atoms with E-state index < -0.39 is 0 Å². The zero-order valence-electron chi connectivity index (χ0n) is 14.6. The average molecular weight is 330 g/mol. The number of nitrogens with two attached hydrogens (primary N) is 4. The highest BCUT2D eigenvalue weighted by atomic mass is 14.9. The second-order valence-corrected chi connectivity index (χ2v) is 5.99. The van der Waals surface area contributed by atoms with Crippen LogP contribution >= 0.6 is 0 Å². The van der Waals surface area contributed by atoms with E-state index in [0.29, 0.717) is 26.2 Å². The second-order valence-electron chi connectivity index (χ2n) is 5.99. The van der Waals surface area contributed by atoms with Crippen LogP contribution in [0.1, 0.15) is 23.0 Å². The van der Waals surface area contributed by atoms with Gasteiger partial charge in [0.1, 0.15) is 0 Å². The Morgan fingerprint density at radius 1 is 0.708 bits per heavy atom. The van der Waals surface area contributed by atoms with Crippen molar-refractivity contribution in [2.75, 3.05) is 50.9 Å². The molecule has 6 heteroatoms. The minimum atomic E-state index is 0.116. The van der Waals surface area contributed by atoms with E-state index in [2.05, 4.69) is 34.9 Å². The number of rotatable bonds is 8. The minimum Gasteiger partial charge on any atom is -0.387 e. The van der Waals surface area contributed by atoms with Gasteiger partial charge in [-0.05, 0) is 16.5 Å². The van der Waals surface area contributed by atoms with Crippen LogP contribution in [0.15, 0.2) is 24.3 Å². The number of hydrogen-bond acceptors (Lipinski definition) is 6. The van der Waals surface area contributed by atoms with Gasteiger partial charge < -0.3 is 33.6 Å². The van der Waals surface area contributed by atoms with Crippen LogP contribution in [0, 0.1) is 0 Å². The maximum Gasteiger partial charge on any atom is 0.0474 e. The summed E-state index contributed by atoms with van der Waals surface area (Å²) in [6, 6.07) is 8.46. The van der Waals surface area contributed by atoms with Crippen LogP contribution in [-0.2, 0) is 0 Å². The quantitative estimate of drug-likeness (QED) is 0.427. The van der Waals surface area contributed by atoms with Gasteiger partial charge in [-0.1, -0.05) is 24.3 Å². The molecule has 10 N–H and O–H groups in total. The lowest BCUT2D eigenvalue weighted by Gasteiger charge is -2.24. The van der Waals surface area contributed by atoms with Crippen LogP contribution in [0.4, 0.5) is 11.4 Å². The van der Waals surface area contributed by atoms with Crippen LogP contribution < -0.4 is 33.6 Å². The summed E-state index contributed by atoms with van der Waals surface area (Å²) >= 11 is 0. The standard InChI is InChI=1S/C18H30N6/c1-23-17-14(12(7-19)8-20)5-3-11-4-6-15(13(9-21)10-22)18(24-2)16(11)17/h3-6,12-13,23-24H,7-10,19-22H2,1-2H3.